The van der Waals surface area contributed by atoms with Crippen LogP contribution in [0.1, 0.15) is 45.7 Å². The molecule has 0 saturated carbocycles. The van der Waals surface area contributed by atoms with Crippen molar-refractivity contribution < 1.29 is 14.6 Å². The van der Waals surface area contributed by atoms with E-state index in [-0.39, 0.29) is 6.04 Å². The van der Waals surface area contributed by atoms with Crippen molar-refractivity contribution in [3.8, 4) is 11.8 Å². The molecule has 166 valence electrons. The van der Waals surface area contributed by atoms with Crippen molar-refractivity contribution in [1.29, 1.82) is 5.26 Å². The van der Waals surface area contributed by atoms with Crippen molar-refractivity contribution in [3.05, 3.63) is 63.7 Å². The van der Waals surface area contributed by atoms with E-state index < -0.39 is 14.3 Å². The maximum Gasteiger partial charge on any atom is 0.138 e. The van der Waals surface area contributed by atoms with E-state index in [0.29, 0.717) is 24.5 Å². The van der Waals surface area contributed by atoms with E-state index in [1.165, 1.54) is 0 Å². The Labute approximate surface area is 187 Å². The Morgan fingerprint density at radius 2 is 1.97 bits per heavy atom. The molecule has 1 aliphatic rings. The van der Waals surface area contributed by atoms with E-state index in [0.717, 1.165) is 40.5 Å². The molecule has 6 heteroatoms. The van der Waals surface area contributed by atoms with Crippen LogP contribution in [-0.2, 0) is 11.3 Å². The molecule has 0 aromatic heterocycles. The van der Waals surface area contributed by atoms with Crippen molar-refractivity contribution in [3.63, 3.8) is 0 Å². The van der Waals surface area contributed by atoms with Crippen molar-refractivity contribution in [2.24, 2.45) is 0 Å². The molecule has 1 N–H and O–H groups in total. The van der Waals surface area contributed by atoms with E-state index in [2.05, 4.69) is 36.7 Å². The lowest BCUT2D eigenvalue weighted by Crippen LogP contribution is -2.31. The second-order valence-corrected chi connectivity index (χ2v) is 15.3. The van der Waals surface area contributed by atoms with Crippen molar-refractivity contribution in [2.45, 2.75) is 58.3 Å². The Morgan fingerprint density at radius 1 is 1.23 bits per heavy atom. The minimum absolute atomic E-state index is 0.120. The van der Waals surface area contributed by atoms with Gasteiger partial charge in [-0.2, -0.15) is 5.26 Å². The molecule has 1 aliphatic heterocycles. The number of aryl methyl sites for hydroxylation is 2. The largest absolute Gasteiger partial charge is 0.496 e. The Balaban J connectivity index is 1.92. The molecule has 31 heavy (non-hydrogen) atoms. The summed E-state index contributed by atoms with van der Waals surface area (Å²) < 4.78 is 11.7. The molecule has 0 aliphatic carbocycles. The average molecular weight is 439 g/mol. The quantitative estimate of drug-likeness (QED) is 0.459. The lowest BCUT2D eigenvalue weighted by atomic mass is 10.0. The van der Waals surface area contributed by atoms with Gasteiger partial charge in [0.15, 0.2) is 0 Å². The molecule has 0 spiro atoms. The van der Waals surface area contributed by atoms with Gasteiger partial charge in [0, 0.05) is 26.8 Å². The van der Waals surface area contributed by atoms with Gasteiger partial charge in [-0.05, 0) is 60.3 Å². The molecular formula is C25H34N2O3Si. The number of aliphatic hydroxyl groups excluding tert-OH is 1. The number of methoxy groups -OCH3 is 1. The lowest BCUT2D eigenvalue weighted by Gasteiger charge is -2.32. The highest BCUT2D eigenvalue weighted by Crippen LogP contribution is 2.42. The first-order chi connectivity index (χ1) is 14.6. The summed E-state index contributed by atoms with van der Waals surface area (Å²) in [4.78, 5) is 2.06. The van der Waals surface area contributed by atoms with E-state index >= 15 is 0 Å². The van der Waals surface area contributed by atoms with Crippen LogP contribution in [0.25, 0.3) is 0 Å². The highest BCUT2D eigenvalue weighted by molar-refractivity contribution is 6.76. The Morgan fingerprint density at radius 3 is 2.61 bits per heavy atom. The Kier molecular flexibility index (Phi) is 7.23. The van der Waals surface area contributed by atoms with Gasteiger partial charge in [0.1, 0.15) is 12.0 Å². The zero-order valence-corrected chi connectivity index (χ0v) is 20.5. The fourth-order valence-corrected chi connectivity index (χ4v) is 4.98. The summed E-state index contributed by atoms with van der Waals surface area (Å²) in [5, 5.41) is 20.9. The Hall–Kier alpha value is -2.17. The number of aliphatic hydroxyl groups is 1. The molecule has 2 unspecified atom stereocenters. The van der Waals surface area contributed by atoms with E-state index in [9.17, 15) is 10.4 Å². The molecule has 1 heterocycles. The summed E-state index contributed by atoms with van der Waals surface area (Å²) in [5.41, 5.74) is 5.70. The standard InChI is InChI=1S/C25H34N2O3Si/c1-17-11-18(2)24(23(12-17)29-3)25(28)27-15-20-8-7-19(14-26)13-21(20)22(27)16-30-9-10-31(4,5)6/h7-8,11-13,22,25,28H,9-10,15-16H2,1-6H3. The fourth-order valence-electron chi connectivity index (χ4n) is 4.23. The van der Waals surface area contributed by atoms with Crippen LogP contribution in [0.15, 0.2) is 30.3 Å². The second kappa shape index (κ2) is 9.54. The summed E-state index contributed by atoms with van der Waals surface area (Å²) in [5.74, 6) is 0.692. The van der Waals surface area contributed by atoms with Crippen LogP contribution in [0, 0.1) is 25.2 Å². The lowest BCUT2D eigenvalue weighted by molar-refractivity contribution is -0.0497. The van der Waals surface area contributed by atoms with Crippen LogP contribution in [0.3, 0.4) is 0 Å². The topological polar surface area (TPSA) is 65.7 Å². The summed E-state index contributed by atoms with van der Waals surface area (Å²) in [6, 6.07) is 13.0. The van der Waals surface area contributed by atoms with Crippen molar-refractivity contribution >= 4 is 8.07 Å². The molecule has 2 aromatic carbocycles. The minimum Gasteiger partial charge on any atom is -0.496 e. The number of nitrogens with zero attached hydrogens (tertiary/aromatic N) is 2. The van der Waals surface area contributed by atoms with Gasteiger partial charge in [0.25, 0.3) is 0 Å². The molecular weight excluding hydrogens is 404 g/mol. The summed E-state index contributed by atoms with van der Waals surface area (Å²) in [6.45, 7) is 12.8. The van der Waals surface area contributed by atoms with Gasteiger partial charge in [-0.1, -0.05) is 31.8 Å². The first-order valence-corrected chi connectivity index (χ1v) is 14.5. The normalized spacial score (nSPS) is 17.3. The predicted molar refractivity (Wildman–Crippen MR) is 126 cm³/mol. The van der Waals surface area contributed by atoms with Gasteiger partial charge in [-0.3, -0.25) is 4.90 Å². The summed E-state index contributed by atoms with van der Waals surface area (Å²) in [6.07, 6.45) is -0.834. The highest BCUT2D eigenvalue weighted by Gasteiger charge is 2.37. The second-order valence-electron chi connectivity index (χ2n) is 9.67. The zero-order chi connectivity index (χ0) is 22.8. The predicted octanol–water partition coefficient (Wildman–Crippen LogP) is 5.09. The first kappa shape index (κ1) is 23.5. The molecule has 2 atom stereocenters. The van der Waals surface area contributed by atoms with Crippen LogP contribution in [0.5, 0.6) is 5.75 Å². The third-order valence-corrected chi connectivity index (χ3v) is 7.65. The number of hydrogen-bond acceptors (Lipinski definition) is 5. The maximum absolute atomic E-state index is 11.5. The number of fused-ring (bicyclic) bond motifs is 1. The molecule has 2 aromatic rings. The highest BCUT2D eigenvalue weighted by atomic mass is 28.3. The van der Waals surface area contributed by atoms with Crippen LogP contribution < -0.4 is 4.74 Å². The minimum atomic E-state index is -1.18. The zero-order valence-electron chi connectivity index (χ0n) is 19.5. The first-order valence-electron chi connectivity index (χ1n) is 10.8. The van der Waals surface area contributed by atoms with Crippen LogP contribution in [-0.4, -0.2) is 38.4 Å². The molecule has 0 radical (unpaired) electrons. The van der Waals surface area contributed by atoms with Gasteiger partial charge in [0.05, 0.1) is 31.4 Å². The summed E-state index contributed by atoms with van der Waals surface area (Å²) >= 11 is 0. The number of benzene rings is 2. The summed E-state index contributed by atoms with van der Waals surface area (Å²) in [7, 11) is 0.454. The third kappa shape index (κ3) is 5.36. The molecule has 0 amide bonds. The number of nitriles is 1. The van der Waals surface area contributed by atoms with E-state index in [4.69, 9.17) is 9.47 Å². The van der Waals surface area contributed by atoms with E-state index in [1.54, 1.807) is 7.11 Å². The smallest absolute Gasteiger partial charge is 0.138 e. The number of ether oxygens (including phenoxy) is 2. The number of hydrogen-bond donors (Lipinski definition) is 1. The van der Waals surface area contributed by atoms with Gasteiger partial charge in [-0.15, -0.1) is 0 Å². The Bertz CT molecular complexity index is 978. The molecule has 0 bridgehead atoms. The fraction of sp³-hybridized carbons (Fsp3) is 0.480. The molecule has 5 nitrogen and oxygen atoms in total. The SMILES string of the molecule is COc1cc(C)cc(C)c1C(O)N1Cc2ccc(C#N)cc2C1COCC[Si](C)(C)C. The van der Waals surface area contributed by atoms with Crippen LogP contribution in [0.4, 0.5) is 0 Å². The van der Waals surface area contributed by atoms with Gasteiger partial charge in [-0.25, -0.2) is 0 Å². The molecule has 3 rings (SSSR count). The number of rotatable bonds is 8. The maximum atomic E-state index is 11.5. The third-order valence-electron chi connectivity index (χ3n) is 5.94. The van der Waals surface area contributed by atoms with Gasteiger partial charge >= 0.3 is 0 Å². The van der Waals surface area contributed by atoms with Crippen molar-refractivity contribution in [2.75, 3.05) is 20.3 Å². The molecule has 0 saturated heterocycles. The van der Waals surface area contributed by atoms with Gasteiger partial charge in [0.2, 0.25) is 0 Å². The monoisotopic (exact) mass is 438 g/mol. The van der Waals surface area contributed by atoms with Crippen molar-refractivity contribution in [1.82, 2.24) is 4.90 Å². The van der Waals surface area contributed by atoms with E-state index in [1.807, 2.05) is 38.1 Å². The average Bonchev–Trinajstić information content (AvgIpc) is 3.07. The van der Waals surface area contributed by atoms with Crippen LogP contribution in [0.2, 0.25) is 25.7 Å². The van der Waals surface area contributed by atoms with Crippen LogP contribution >= 0.6 is 0 Å². The van der Waals surface area contributed by atoms with Gasteiger partial charge < -0.3 is 14.6 Å². The molecule has 0 fully saturated rings.